The summed E-state index contributed by atoms with van der Waals surface area (Å²) in [5, 5.41) is 22.3. The number of halogens is 1. The van der Waals surface area contributed by atoms with Crippen molar-refractivity contribution in [3.05, 3.63) is 45.2 Å². The summed E-state index contributed by atoms with van der Waals surface area (Å²) in [6, 6.07) is 4.51. The van der Waals surface area contributed by atoms with Crippen LogP contribution in [0.5, 0.6) is 0 Å². The number of rotatable bonds is 4. The molecule has 0 aliphatic carbocycles. The van der Waals surface area contributed by atoms with Gasteiger partial charge in [-0.15, -0.1) is 5.10 Å². The van der Waals surface area contributed by atoms with E-state index in [9.17, 15) is 10.1 Å². The van der Waals surface area contributed by atoms with Crippen LogP contribution in [0.4, 0.5) is 5.69 Å². The molecule has 0 amide bonds. The molecule has 0 unspecified atom stereocenters. The lowest BCUT2D eigenvalue weighted by molar-refractivity contribution is -0.384. The number of benzene rings is 1. The summed E-state index contributed by atoms with van der Waals surface area (Å²) in [6.07, 6.45) is 1.73. The van der Waals surface area contributed by atoms with E-state index < -0.39 is 4.92 Å². The molecule has 2 aromatic rings. The van der Waals surface area contributed by atoms with E-state index in [1.807, 2.05) is 0 Å². The Kier molecular flexibility index (Phi) is 4.24. The molecule has 112 valence electrons. The summed E-state index contributed by atoms with van der Waals surface area (Å²) in [5.74, 6) is 0. The van der Waals surface area contributed by atoms with Gasteiger partial charge in [0.25, 0.3) is 5.69 Å². The van der Waals surface area contributed by atoms with Gasteiger partial charge in [-0.05, 0) is 32.9 Å². The van der Waals surface area contributed by atoms with Gasteiger partial charge in [0, 0.05) is 18.2 Å². The minimum absolute atomic E-state index is 0.0250. The van der Waals surface area contributed by atoms with E-state index in [-0.39, 0.29) is 16.2 Å². The molecule has 0 bridgehead atoms. The molecule has 21 heavy (non-hydrogen) atoms. The monoisotopic (exact) mass is 309 g/mol. The lowest BCUT2D eigenvalue weighted by Crippen LogP contribution is -2.35. The first kappa shape index (κ1) is 15.4. The van der Waals surface area contributed by atoms with E-state index in [2.05, 4.69) is 36.4 Å². The van der Waals surface area contributed by atoms with Crippen molar-refractivity contribution in [2.45, 2.75) is 32.9 Å². The first-order chi connectivity index (χ1) is 9.76. The minimum Gasteiger partial charge on any atom is -0.306 e. The van der Waals surface area contributed by atoms with Gasteiger partial charge in [-0.2, -0.15) is 0 Å². The largest absolute Gasteiger partial charge is 0.306 e. The number of nitrogens with zero attached hydrogens (tertiary/aromatic N) is 4. The van der Waals surface area contributed by atoms with E-state index in [1.165, 1.54) is 16.8 Å². The quantitative estimate of drug-likeness (QED) is 0.693. The number of hydrogen-bond acceptors (Lipinski definition) is 5. The van der Waals surface area contributed by atoms with Gasteiger partial charge in [0.2, 0.25) is 0 Å². The zero-order chi connectivity index (χ0) is 15.6. The Morgan fingerprint density at radius 1 is 1.43 bits per heavy atom. The number of nitro groups is 1. The maximum Gasteiger partial charge on any atom is 0.290 e. The summed E-state index contributed by atoms with van der Waals surface area (Å²) in [6.45, 7) is 6.74. The summed E-state index contributed by atoms with van der Waals surface area (Å²) in [7, 11) is 0. The number of nitrogens with one attached hydrogen (secondary N) is 1. The molecule has 0 aliphatic heterocycles. The van der Waals surface area contributed by atoms with E-state index in [1.54, 1.807) is 12.3 Å². The summed E-state index contributed by atoms with van der Waals surface area (Å²) >= 11 is 5.79. The Morgan fingerprint density at radius 2 is 2.14 bits per heavy atom. The Labute approximate surface area is 127 Å². The molecule has 0 saturated carbocycles. The van der Waals surface area contributed by atoms with Gasteiger partial charge in [0.1, 0.15) is 5.02 Å². The second-order valence-electron chi connectivity index (χ2n) is 5.65. The molecule has 0 fully saturated rings. The van der Waals surface area contributed by atoms with Crippen LogP contribution in [0.1, 0.15) is 26.5 Å². The first-order valence-electron chi connectivity index (χ1n) is 6.37. The van der Waals surface area contributed by atoms with Gasteiger partial charge in [-0.1, -0.05) is 16.8 Å². The number of aromatic nitrogens is 3. The normalized spacial score (nSPS) is 11.6. The molecule has 2 rings (SSSR count). The number of hydrogen-bond donors (Lipinski definition) is 1. The van der Waals surface area contributed by atoms with Crippen molar-refractivity contribution in [2.24, 2.45) is 0 Å². The van der Waals surface area contributed by atoms with Crippen LogP contribution in [-0.2, 0) is 6.54 Å². The van der Waals surface area contributed by atoms with Gasteiger partial charge >= 0.3 is 0 Å². The molecule has 1 heterocycles. The molecule has 0 atom stereocenters. The van der Waals surface area contributed by atoms with E-state index in [0.29, 0.717) is 12.2 Å². The van der Waals surface area contributed by atoms with Crippen LogP contribution in [-0.4, -0.2) is 25.5 Å². The van der Waals surface area contributed by atoms with Crippen molar-refractivity contribution in [1.82, 2.24) is 20.3 Å². The van der Waals surface area contributed by atoms with Crippen LogP contribution in [0.2, 0.25) is 5.02 Å². The topological polar surface area (TPSA) is 85.9 Å². The van der Waals surface area contributed by atoms with Crippen molar-refractivity contribution in [3.8, 4) is 5.69 Å². The van der Waals surface area contributed by atoms with Crippen LogP contribution in [0.3, 0.4) is 0 Å². The van der Waals surface area contributed by atoms with Gasteiger partial charge < -0.3 is 5.32 Å². The Bertz CT molecular complexity index is 663. The fourth-order valence-electron chi connectivity index (χ4n) is 1.64. The smallest absolute Gasteiger partial charge is 0.290 e. The SMILES string of the molecule is CC(C)(C)NCc1cn(-c2ccc(Cl)c([N+](=O)[O-])c2)nn1. The van der Waals surface area contributed by atoms with Crippen molar-refractivity contribution in [1.29, 1.82) is 0 Å². The fourth-order valence-corrected chi connectivity index (χ4v) is 1.83. The van der Waals surface area contributed by atoms with Gasteiger partial charge in [-0.25, -0.2) is 4.68 Å². The van der Waals surface area contributed by atoms with Crippen LogP contribution in [0.25, 0.3) is 5.69 Å². The van der Waals surface area contributed by atoms with E-state index in [4.69, 9.17) is 11.6 Å². The summed E-state index contributed by atoms with van der Waals surface area (Å²) in [4.78, 5) is 10.4. The highest BCUT2D eigenvalue weighted by atomic mass is 35.5. The van der Waals surface area contributed by atoms with Crippen LogP contribution in [0.15, 0.2) is 24.4 Å². The molecule has 8 heteroatoms. The van der Waals surface area contributed by atoms with Crippen molar-refractivity contribution in [2.75, 3.05) is 0 Å². The average Bonchev–Trinajstić information content (AvgIpc) is 2.84. The lowest BCUT2D eigenvalue weighted by atomic mass is 10.1. The molecule has 1 aromatic carbocycles. The van der Waals surface area contributed by atoms with Crippen LogP contribution < -0.4 is 5.32 Å². The molecule has 1 aromatic heterocycles. The predicted molar refractivity (Wildman–Crippen MR) is 79.6 cm³/mol. The Balaban J connectivity index is 2.22. The van der Waals surface area contributed by atoms with Crippen molar-refractivity contribution >= 4 is 17.3 Å². The van der Waals surface area contributed by atoms with Crippen LogP contribution >= 0.6 is 11.6 Å². The number of nitro benzene ring substituents is 1. The molecule has 0 radical (unpaired) electrons. The lowest BCUT2D eigenvalue weighted by Gasteiger charge is -2.19. The maximum atomic E-state index is 10.9. The molecular formula is C13H16ClN5O2. The fraction of sp³-hybridized carbons (Fsp3) is 0.385. The highest BCUT2D eigenvalue weighted by molar-refractivity contribution is 6.32. The predicted octanol–water partition coefficient (Wildman–Crippen LogP) is 2.72. The third kappa shape index (κ3) is 3.99. The summed E-state index contributed by atoms with van der Waals surface area (Å²) in [5.41, 5.74) is 1.12. The zero-order valence-electron chi connectivity index (χ0n) is 12.0. The van der Waals surface area contributed by atoms with Crippen molar-refractivity contribution < 1.29 is 4.92 Å². The van der Waals surface area contributed by atoms with Gasteiger partial charge in [0.05, 0.1) is 22.5 Å². The third-order valence-corrected chi connectivity index (χ3v) is 3.05. The van der Waals surface area contributed by atoms with Crippen molar-refractivity contribution in [3.63, 3.8) is 0 Å². The minimum atomic E-state index is -0.523. The Morgan fingerprint density at radius 3 is 2.76 bits per heavy atom. The molecule has 0 spiro atoms. The van der Waals surface area contributed by atoms with Gasteiger partial charge in [0.15, 0.2) is 0 Å². The van der Waals surface area contributed by atoms with Gasteiger partial charge in [-0.3, -0.25) is 10.1 Å². The first-order valence-corrected chi connectivity index (χ1v) is 6.74. The zero-order valence-corrected chi connectivity index (χ0v) is 12.8. The highest BCUT2D eigenvalue weighted by Crippen LogP contribution is 2.26. The summed E-state index contributed by atoms with van der Waals surface area (Å²) < 4.78 is 1.49. The standard InChI is InChI=1S/C13H16ClN5O2/c1-13(2,3)15-7-9-8-18(17-16-9)10-4-5-11(14)12(6-10)19(20)21/h4-6,8,15H,7H2,1-3H3. The highest BCUT2D eigenvalue weighted by Gasteiger charge is 2.15. The van der Waals surface area contributed by atoms with E-state index in [0.717, 1.165) is 5.69 Å². The molecule has 0 aliphatic rings. The van der Waals surface area contributed by atoms with E-state index >= 15 is 0 Å². The second kappa shape index (κ2) is 5.79. The second-order valence-corrected chi connectivity index (χ2v) is 6.06. The Hall–Kier alpha value is -1.99. The van der Waals surface area contributed by atoms with Crippen LogP contribution in [0, 0.1) is 10.1 Å². The maximum absolute atomic E-state index is 10.9. The molecule has 7 nitrogen and oxygen atoms in total. The average molecular weight is 310 g/mol. The third-order valence-electron chi connectivity index (χ3n) is 2.73. The molecule has 1 N–H and O–H groups in total. The molecule has 0 saturated heterocycles. The molecular weight excluding hydrogens is 294 g/mol.